The highest BCUT2D eigenvalue weighted by molar-refractivity contribution is 5.26. The molecule has 1 saturated carbocycles. The molecule has 0 spiro atoms. The normalized spacial score (nSPS) is 20.9. The first kappa shape index (κ1) is 24.0. The molecular formula is C26H34F2N2. The summed E-state index contributed by atoms with van der Waals surface area (Å²) < 4.78 is 26.9. The molecule has 2 nitrogen and oxygen atoms in total. The monoisotopic (exact) mass is 412 g/mol. The molecule has 1 fully saturated rings. The Morgan fingerprint density at radius 1 is 0.900 bits per heavy atom. The standard InChI is InChI=1S/C24H31F2N.C2H3N/c1-27(17-15-19-6-3-2-4-7-19)16-5-8-20-9-11-21(12-10-20)22-13-14-23(25)24(26)18-22;1-2-3/h2-4,6-7,9-12,22-24H,5,8,13-18H2,1H3;1H3. The maximum Gasteiger partial charge on any atom is 0.132 e. The van der Waals surface area contributed by atoms with E-state index in [4.69, 9.17) is 5.26 Å². The zero-order valence-electron chi connectivity index (χ0n) is 18.2. The van der Waals surface area contributed by atoms with Gasteiger partial charge in [0.1, 0.15) is 12.3 Å². The van der Waals surface area contributed by atoms with Gasteiger partial charge in [0, 0.05) is 13.5 Å². The fourth-order valence-electron chi connectivity index (χ4n) is 3.97. The van der Waals surface area contributed by atoms with Crippen LogP contribution < -0.4 is 0 Å². The van der Waals surface area contributed by atoms with Crippen LogP contribution in [0.2, 0.25) is 0 Å². The van der Waals surface area contributed by atoms with Crippen molar-refractivity contribution in [2.24, 2.45) is 0 Å². The Morgan fingerprint density at radius 2 is 1.53 bits per heavy atom. The molecule has 0 amide bonds. The van der Waals surface area contributed by atoms with Crippen molar-refractivity contribution >= 4 is 0 Å². The van der Waals surface area contributed by atoms with E-state index < -0.39 is 12.3 Å². The summed E-state index contributed by atoms with van der Waals surface area (Å²) in [5, 5.41) is 7.32. The summed E-state index contributed by atoms with van der Waals surface area (Å²) in [6, 6.07) is 20.9. The Balaban J connectivity index is 0.00000101. The van der Waals surface area contributed by atoms with Gasteiger partial charge in [0.25, 0.3) is 0 Å². The van der Waals surface area contributed by atoms with E-state index in [0.717, 1.165) is 44.3 Å². The van der Waals surface area contributed by atoms with Crippen LogP contribution in [-0.4, -0.2) is 37.4 Å². The third-order valence-corrected chi connectivity index (χ3v) is 5.77. The molecule has 0 heterocycles. The lowest BCUT2D eigenvalue weighted by atomic mass is 9.82. The lowest BCUT2D eigenvalue weighted by molar-refractivity contribution is 0.108. The summed E-state index contributed by atoms with van der Waals surface area (Å²) in [7, 11) is 2.18. The molecule has 4 heteroatoms. The zero-order chi connectivity index (χ0) is 21.8. The van der Waals surface area contributed by atoms with Crippen LogP contribution in [0.25, 0.3) is 0 Å². The second kappa shape index (κ2) is 13.1. The van der Waals surface area contributed by atoms with Gasteiger partial charge in [-0.25, -0.2) is 8.78 Å². The molecule has 0 saturated heterocycles. The molecular weight excluding hydrogens is 378 g/mol. The minimum atomic E-state index is -1.30. The highest BCUT2D eigenvalue weighted by Gasteiger charge is 2.30. The average molecular weight is 413 g/mol. The summed E-state index contributed by atoms with van der Waals surface area (Å²) in [5.74, 6) is 0.171. The molecule has 0 bridgehead atoms. The predicted octanol–water partition coefficient (Wildman–Crippen LogP) is 6.27. The molecule has 3 unspecified atom stereocenters. The number of rotatable bonds is 8. The minimum Gasteiger partial charge on any atom is -0.306 e. The van der Waals surface area contributed by atoms with E-state index in [-0.39, 0.29) is 5.92 Å². The molecule has 30 heavy (non-hydrogen) atoms. The summed E-state index contributed by atoms with van der Waals surface area (Å²) in [6.07, 6.45) is 2.14. The summed E-state index contributed by atoms with van der Waals surface area (Å²) >= 11 is 0. The van der Waals surface area contributed by atoms with E-state index in [1.165, 1.54) is 18.1 Å². The second-order valence-electron chi connectivity index (χ2n) is 8.15. The Bertz CT molecular complexity index is 755. The maximum atomic E-state index is 13.6. The third-order valence-electron chi connectivity index (χ3n) is 5.77. The average Bonchev–Trinajstić information content (AvgIpc) is 2.76. The molecule has 2 aromatic rings. The van der Waals surface area contributed by atoms with Crippen LogP contribution in [0.3, 0.4) is 0 Å². The zero-order valence-corrected chi connectivity index (χ0v) is 18.2. The van der Waals surface area contributed by atoms with Gasteiger partial charge in [-0.3, -0.25) is 0 Å². The number of hydrogen-bond acceptors (Lipinski definition) is 2. The smallest absolute Gasteiger partial charge is 0.132 e. The Morgan fingerprint density at radius 3 is 2.17 bits per heavy atom. The van der Waals surface area contributed by atoms with Crippen LogP contribution >= 0.6 is 0 Å². The van der Waals surface area contributed by atoms with E-state index >= 15 is 0 Å². The Hall–Kier alpha value is -2.25. The number of halogens is 2. The highest BCUT2D eigenvalue weighted by Crippen LogP contribution is 2.35. The summed E-state index contributed by atoms with van der Waals surface area (Å²) in [6.45, 7) is 3.59. The van der Waals surface area contributed by atoms with Gasteiger partial charge in [0.05, 0.1) is 6.07 Å². The lowest BCUT2D eigenvalue weighted by Gasteiger charge is -2.27. The van der Waals surface area contributed by atoms with Gasteiger partial charge in [-0.2, -0.15) is 5.26 Å². The summed E-state index contributed by atoms with van der Waals surface area (Å²) in [5.41, 5.74) is 3.87. The van der Waals surface area contributed by atoms with Crippen molar-refractivity contribution < 1.29 is 8.78 Å². The quantitative estimate of drug-likeness (QED) is 0.511. The van der Waals surface area contributed by atoms with Gasteiger partial charge >= 0.3 is 0 Å². The van der Waals surface area contributed by atoms with Crippen molar-refractivity contribution in [1.29, 1.82) is 5.26 Å². The molecule has 3 rings (SSSR count). The molecule has 0 aliphatic heterocycles. The van der Waals surface area contributed by atoms with E-state index in [1.807, 2.05) is 0 Å². The second-order valence-corrected chi connectivity index (χ2v) is 8.15. The molecule has 0 aromatic heterocycles. The first-order valence-corrected chi connectivity index (χ1v) is 10.9. The van der Waals surface area contributed by atoms with Crippen molar-refractivity contribution in [2.45, 2.75) is 63.7 Å². The maximum absolute atomic E-state index is 13.6. The topological polar surface area (TPSA) is 27.0 Å². The van der Waals surface area contributed by atoms with Crippen LogP contribution in [0.5, 0.6) is 0 Å². The number of aryl methyl sites for hydroxylation is 1. The Labute approximate surface area is 180 Å². The van der Waals surface area contributed by atoms with Crippen LogP contribution in [0, 0.1) is 11.3 Å². The molecule has 2 aromatic carbocycles. The fourth-order valence-corrected chi connectivity index (χ4v) is 3.97. The first-order chi connectivity index (χ1) is 14.5. The van der Waals surface area contributed by atoms with E-state index in [0.29, 0.717) is 12.8 Å². The summed E-state index contributed by atoms with van der Waals surface area (Å²) in [4.78, 5) is 2.39. The van der Waals surface area contributed by atoms with Gasteiger partial charge < -0.3 is 4.90 Å². The van der Waals surface area contributed by atoms with Crippen molar-refractivity contribution in [2.75, 3.05) is 20.1 Å². The van der Waals surface area contributed by atoms with Crippen molar-refractivity contribution in [3.8, 4) is 6.07 Å². The first-order valence-electron chi connectivity index (χ1n) is 10.9. The molecule has 1 aliphatic carbocycles. The van der Waals surface area contributed by atoms with E-state index in [2.05, 4.69) is 66.5 Å². The fraction of sp³-hybridized carbons (Fsp3) is 0.500. The SMILES string of the molecule is CC#N.CN(CCCc1ccc(C2CCC(F)C(F)C2)cc1)CCc1ccccc1. The number of alkyl halides is 2. The van der Waals surface area contributed by atoms with Gasteiger partial charge in [0.15, 0.2) is 0 Å². The highest BCUT2D eigenvalue weighted by atomic mass is 19.2. The number of nitriles is 1. The van der Waals surface area contributed by atoms with Crippen LogP contribution in [0.15, 0.2) is 54.6 Å². The van der Waals surface area contributed by atoms with Crippen LogP contribution in [-0.2, 0) is 12.8 Å². The number of likely N-dealkylation sites (N-methyl/N-ethyl adjacent to an activating group) is 1. The van der Waals surface area contributed by atoms with E-state index in [9.17, 15) is 8.78 Å². The minimum absolute atomic E-state index is 0.171. The van der Waals surface area contributed by atoms with Crippen LogP contribution in [0.4, 0.5) is 8.78 Å². The molecule has 1 aliphatic rings. The predicted molar refractivity (Wildman–Crippen MR) is 120 cm³/mol. The number of hydrogen-bond donors (Lipinski definition) is 0. The van der Waals surface area contributed by atoms with Crippen molar-refractivity contribution in [3.05, 3.63) is 71.3 Å². The molecule has 0 radical (unpaired) electrons. The molecule has 162 valence electrons. The van der Waals surface area contributed by atoms with E-state index in [1.54, 1.807) is 6.07 Å². The third kappa shape index (κ3) is 8.24. The van der Waals surface area contributed by atoms with Gasteiger partial charge in [-0.1, -0.05) is 54.6 Å². The van der Waals surface area contributed by atoms with Gasteiger partial charge in [0.2, 0.25) is 0 Å². The number of benzene rings is 2. The molecule has 3 atom stereocenters. The lowest BCUT2D eigenvalue weighted by Crippen LogP contribution is -2.26. The van der Waals surface area contributed by atoms with Crippen molar-refractivity contribution in [3.63, 3.8) is 0 Å². The largest absolute Gasteiger partial charge is 0.306 e. The van der Waals surface area contributed by atoms with Gasteiger partial charge in [-0.05, 0) is 74.7 Å². The molecule has 0 N–H and O–H groups in total. The van der Waals surface area contributed by atoms with Gasteiger partial charge in [-0.15, -0.1) is 0 Å². The Kier molecular flexibility index (Phi) is 10.5. The van der Waals surface area contributed by atoms with Crippen molar-refractivity contribution in [1.82, 2.24) is 4.90 Å². The number of nitrogens with zero attached hydrogens (tertiary/aromatic N) is 2. The van der Waals surface area contributed by atoms with Crippen LogP contribution in [0.1, 0.15) is 55.2 Å².